The fourth-order valence-corrected chi connectivity index (χ4v) is 4.96. The Bertz CT molecular complexity index is 1380. The molecule has 1 aliphatic heterocycles. The Morgan fingerprint density at radius 3 is 2.39 bits per heavy atom. The van der Waals surface area contributed by atoms with Gasteiger partial charge in [0.15, 0.2) is 0 Å². The van der Waals surface area contributed by atoms with Crippen molar-refractivity contribution in [2.75, 3.05) is 5.32 Å². The van der Waals surface area contributed by atoms with Gasteiger partial charge in [-0.3, -0.25) is 9.78 Å². The summed E-state index contributed by atoms with van der Waals surface area (Å²) in [6, 6.07) is 23.4. The number of rotatable bonds is 7. The van der Waals surface area contributed by atoms with Crippen LogP contribution < -0.4 is 11.1 Å². The van der Waals surface area contributed by atoms with E-state index in [2.05, 4.69) is 52.8 Å². The number of aromatic nitrogens is 1. The van der Waals surface area contributed by atoms with E-state index in [1.54, 1.807) is 29.4 Å². The summed E-state index contributed by atoms with van der Waals surface area (Å²) in [6.07, 6.45) is 3.97. The average Bonchev–Trinajstić information content (AvgIpc) is 3.33. The first-order valence-corrected chi connectivity index (χ1v) is 12.5. The van der Waals surface area contributed by atoms with E-state index >= 15 is 0 Å². The third-order valence-electron chi connectivity index (χ3n) is 6.48. The number of carbonyl (C=O) groups is 1. The van der Waals surface area contributed by atoms with Gasteiger partial charge in [0.05, 0.1) is 6.04 Å². The molecule has 0 fully saturated rings. The number of hydrogen-bond acceptors (Lipinski definition) is 4. The molecule has 0 saturated heterocycles. The van der Waals surface area contributed by atoms with Crippen molar-refractivity contribution >= 4 is 34.8 Å². The number of carbonyl (C=O) groups excluding carboxylic acids is 1. The van der Waals surface area contributed by atoms with E-state index in [4.69, 9.17) is 28.9 Å². The standard InChI is InChI=1S/C29H26Cl2N4O/c30-25-7-5-22(27(31)15-25)14-28(32)29(36)35-17-23-6-8-26(13-24(23)18-35)34-16-19-1-3-20(4-2-19)21-9-11-33-12-10-21/h1-13,15,28,34H,14,16-18,32H2. The smallest absolute Gasteiger partial charge is 0.240 e. The van der Waals surface area contributed by atoms with Crippen molar-refractivity contribution in [2.24, 2.45) is 5.73 Å². The SMILES string of the molecule is NC(Cc1ccc(Cl)cc1Cl)C(=O)N1Cc2ccc(NCc3ccc(-c4ccncc4)cc3)cc2C1. The molecule has 3 aromatic carbocycles. The van der Waals surface area contributed by atoms with Gasteiger partial charge < -0.3 is 16.0 Å². The summed E-state index contributed by atoms with van der Waals surface area (Å²) in [4.78, 5) is 18.9. The average molecular weight is 517 g/mol. The molecule has 2 heterocycles. The van der Waals surface area contributed by atoms with Crippen LogP contribution in [0.15, 0.2) is 85.2 Å². The lowest BCUT2D eigenvalue weighted by molar-refractivity contribution is -0.133. The fraction of sp³-hybridized carbons (Fsp3) is 0.172. The Balaban J connectivity index is 1.18. The second-order valence-electron chi connectivity index (χ2n) is 9.01. The lowest BCUT2D eigenvalue weighted by Crippen LogP contribution is -2.42. The van der Waals surface area contributed by atoms with E-state index in [-0.39, 0.29) is 5.91 Å². The zero-order valence-corrected chi connectivity index (χ0v) is 21.1. The van der Waals surface area contributed by atoms with Crippen molar-refractivity contribution in [3.05, 3.63) is 117 Å². The van der Waals surface area contributed by atoms with Gasteiger partial charge in [-0.15, -0.1) is 0 Å². The lowest BCUT2D eigenvalue weighted by Gasteiger charge is -2.20. The first kappa shape index (κ1) is 24.3. The van der Waals surface area contributed by atoms with E-state index in [9.17, 15) is 4.79 Å². The summed E-state index contributed by atoms with van der Waals surface area (Å²) in [5, 5.41) is 4.58. The molecule has 1 aliphatic rings. The molecule has 1 amide bonds. The van der Waals surface area contributed by atoms with Crippen LogP contribution in [0.3, 0.4) is 0 Å². The molecule has 5 rings (SSSR count). The number of halogens is 2. The zero-order chi connectivity index (χ0) is 25.1. The van der Waals surface area contributed by atoms with Crippen LogP contribution >= 0.6 is 23.2 Å². The fourth-order valence-electron chi connectivity index (χ4n) is 4.47. The highest BCUT2D eigenvalue weighted by Crippen LogP contribution is 2.28. The molecule has 0 bridgehead atoms. The predicted octanol–water partition coefficient (Wildman–Crippen LogP) is 6.08. The molecule has 3 N–H and O–H groups in total. The summed E-state index contributed by atoms with van der Waals surface area (Å²) in [5.74, 6) is -0.0824. The summed E-state index contributed by atoms with van der Waals surface area (Å²) in [5.41, 5.74) is 13.9. The van der Waals surface area contributed by atoms with E-state index in [0.717, 1.165) is 27.9 Å². The molecule has 4 aromatic rings. The topological polar surface area (TPSA) is 71.2 Å². The molecule has 1 unspecified atom stereocenters. The molecular weight excluding hydrogens is 491 g/mol. The highest BCUT2D eigenvalue weighted by molar-refractivity contribution is 6.35. The molecule has 1 atom stereocenters. The van der Waals surface area contributed by atoms with Gasteiger partial charge in [-0.05, 0) is 76.2 Å². The van der Waals surface area contributed by atoms with Crippen molar-refractivity contribution in [1.82, 2.24) is 9.88 Å². The van der Waals surface area contributed by atoms with Crippen LogP contribution in [0.25, 0.3) is 11.1 Å². The minimum atomic E-state index is -0.661. The number of pyridine rings is 1. The molecule has 0 saturated carbocycles. The Morgan fingerprint density at radius 2 is 1.64 bits per heavy atom. The first-order chi connectivity index (χ1) is 17.5. The van der Waals surface area contributed by atoms with E-state index in [1.807, 2.05) is 18.2 Å². The molecule has 0 aliphatic carbocycles. The van der Waals surface area contributed by atoms with Crippen LogP contribution in [0.2, 0.25) is 10.0 Å². The van der Waals surface area contributed by atoms with Gasteiger partial charge in [0.1, 0.15) is 0 Å². The number of nitrogens with two attached hydrogens (primary N) is 1. The molecule has 0 spiro atoms. The second kappa shape index (κ2) is 10.7. The molecule has 7 heteroatoms. The number of amides is 1. The highest BCUT2D eigenvalue weighted by Gasteiger charge is 2.27. The van der Waals surface area contributed by atoms with Crippen LogP contribution in [0, 0.1) is 0 Å². The molecule has 182 valence electrons. The predicted molar refractivity (Wildman–Crippen MR) is 146 cm³/mol. The second-order valence-corrected chi connectivity index (χ2v) is 9.85. The maximum Gasteiger partial charge on any atom is 0.240 e. The summed E-state index contributed by atoms with van der Waals surface area (Å²) in [6.45, 7) is 1.82. The summed E-state index contributed by atoms with van der Waals surface area (Å²) >= 11 is 12.2. The maximum atomic E-state index is 13.0. The Morgan fingerprint density at radius 1 is 0.917 bits per heavy atom. The molecule has 36 heavy (non-hydrogen) atoms. The molecule has 5 nitrogen and oxygen atoms in total. The van der Waals surface area contributed by atoms with Crippen molar-refractivity contribution in [1.29, 1.82) is 0 Å². The van der Waals surface area contributed by atoms with Crippen LogP contribution in [0.5, 0.6) is 0 Å². The van der Waals surface area contributed by atoms with Crippen LogP contribution in [-0.2, 0) is 30.8 Å². The molecule has 0 radical (unpaired) electrons. The number of nitrogens with one attached hydrogen (secondary N) is 1. The van der Waals surface area contributed by atoms with Crippen molar-refractivity contribution in [2.45, 2.75) is 32.1 Å². The molecule has 1 aromatic heterocycles. The normalized spacial score (nSPS) is 13.4. The first-order valence-electron chi connectivity index (χ1n) is 11.8. The zero-order valence-electron chi connectivity index (χ0n) is 19.6. The van der Waals surface area contributed by atoms with Crippen molar-refractivity contribution in [3.63, 3.8) is 0 Å². The number of hydrogen-bond donors (Lipinski definition) is 2. The third kappa shape index (κ3) is 5.54. The van der Waals surface area contributed by atoms with Gasteiger partial charge in [0.2, 0.25) is 5.91 Å². The minimum absolute atomic E-state index is 0.0824. The van der Waals surface area contributed by atoms with Gasteiger partial charge in [0, 0.05) is 47.8 Å². The van der Waals surface area contributed by atoms with E-state index < -0.39 is 6.04 Å². The Kier molecular flexibility index (Phi) is 7.23. The van der Waals surface area contributed by atoms with Gasteiger partial charge in [-0.1, -0.05) is 59.6 Å². The Hall–Kier alpha value is -3.38. The van der Waals surface area contributed by atoms with Crippen molar-refractivity contribution < 1.29 is 4.79 Å². The number of fused-ring (bicyclic) bond motifs is 1. The van der Waals surface area contributed by atoms with Gasteiger partial charge >= 0.3 is 0 Å². The van der Waals surface area contributed by atoms with E-state index in [0.29, 0.717) is 36.1 Å². The monoisotopic (exact) mass is 516 g/mol. The highest BCUT2D eigenvalue weighted by atomic mass is 35.5. The Labute approximate surface area is 220 Å². The summed E-state index contributed by atoms with van der Waals surface area (Å²) in [7, 11) is 0. The van der Waals surface area contributed by atoms with Gasteiger partial charge in [-0.2, -0.15) is 0 Å². The quantitative estimate of drug-likeness (QED) is 0.312. The van der Waals surface area contributed by atoms with Crippen LogP contribution in [-0.4, -0.2) is 21.8 Å². The largest absolute Gasteiger partial charge is 0.381 e. The molecular formula is C29H26Cl2N4O. The number of anilines is 1. The third-order valence-corrected chi connectivity index (χ3v) is 7.06. The van der Waals surface area contributed by atoms with Gasteiger partial charge in [-0.25, -0.2) is 0 Å². The lowest BCUT2D eigenvalue weighted by atomic mass is 10.1. The van der Waals surface area contributed by atoms with E-state index in [1.165, 1.54) is 11.1 Å². The number of nitrogens with zero attached hydrogens (tertiary/aromatic N) is 2. The van der Waals surface area contributed by atoms with Gasteiger partial charge in [0.25, 0.3) is 0 Å². The number of benzene rings is 3. The minimum Gasteiger partial charge on any atom is -0.381 e. The van der Waals surface area contributed by atoms with Crippen LogP contribution in [0.1, 0.15) is 22.3 Å². The maximum absolute atomic E-state index is 13.0. The van der Waals surface area contributed by atoms with Crippen molar-refractivity contribution in [3.8, 4) is 11.1 Å². The summed E-state index contributed by atoms with van der Waals surface area (Å²) < 4.78 is 0. The van der Waals surface area contributed by atoms with Crippen LogP contribution in [0.4, 0.5) is 5.69 Å².